The molecule has 2 N–H and O–H groups in total. The summed E-state index contributed by atoms with van der Waals surface area (Å²) in [5, 5.41) is 5.55. The second-order valence-corrected chi connectivity index (χ2v) is 6.31. The number of nitrogens with one attached hydrogen (secondary N) is 2. The Labute approximate surface area is 141 Å². The topological polar surface area (TPSA) is 73.9 Å². The van der Waals surface area contributed by atoms with Gasteiger partial charge in [-0.15, -0.1) is 0 Å². The van der Waals surface area contributed by atoms with E-state index in [4.69, 9.17) is 4.74 Å². The number of amides is 2. The molecule has 1 aromatic rings. The lowest BCUT2D eigenvalue weighted by Crippen LogP contribution is -2.48. The van der Waals surface area contributed by atoms with Gasteiger partial charge in [-0.1, -0.05) is 6.07 Å². The van der Waals surface area contributed by atoms with Crippen molar-refractivity contribution in [3.8, 4) is 5.75 Å². The fourth-order valence-corrected chi connectivity index (χ4v) is 3.00. The van der Waals surface area contributed by atoms with Crippen molar-refractivity contribution in [2.45, 2.75) is 19.6 Å². The molecule has 7 nitrogen and oxygen atoms in total. The molecule has 7 heteroatoms. The molecule has 2 amide bonds. The maximum absolute atomic E-state index is 11.7. The van der Waals surface area contributed by atoms with Crippen LogP contribution in [-0.4, -0.2) is 67.5 Å². The van der Waals surface area contributed by atoms with E-state index >= 15 is 0 Å². The summed E-state index contributed by atoms with van der Waals surface area (Å²) in [6, 6.07) is 5.94. The number of likely N-dealkylation sites (N-methyl/N-ethyl adjacent to an activating group) is 1. The third-order valence-electron chi connectivity index (χ3n) is 4.49. The molecule has 2 aliphatic heterocycles. The maximum atomic E-state index is 11.7. The van der Waals surface area contributed by atoms with Gasteiger partial charge in [-0.3, -0.25) is 19.4 Å². The van der Waals surface area contributed by atoms with E-state index in [9.17, 15) is 9.59 Å². The lowest BCUT2D eigenvalue weighted by atomic mass is 10.1. The first-order chi connectivity index (χ1) is 11.5. The van der Waals surface area contributed by atoms with Crippen LogP contribution in [0.3, 0.4) is 0 Å². The van der Waals surface area contributed by atoms with Crippen LogP contribution < -0.4 is 15.4 Å². The molecule has 0 radical (unpaired) electrons. The standard InChI is InChI=1S/C17H24N4O3/c1-12-17(23)19-14-9-13(3-4-15(14)24-12)10-20-5-7-21(8-6-20)11-16(22)18-2/h3-4,9,12H,5-8,10-11H2,1-2H3,(H,18,22)(H,19,23). The van der Waals surface area contributed by atoms with Gasteiger partial charge in [0.1, 0.15) is 5.75 Å². The number of benzene rings is 1. The molecule has 1 fully saturated rings. The summed E-state index contributed by atoms with van der Waals surface area (Å²) < 4.78 is 5.58. The predicted molar refractivity (Wildman–Crippen MR) is 90.9 cm³/mol. The molecule has 0 aromatic heterocycles. The van der Waals surface area contributed by atoms with E-state index in [0.29, 0.717) is 6.54 Å². The summed E-state index contributed by atoms with van der Waals surface area (Å²) in [6.07, 6.45) is -0.447. The number of carbonyl (C=O) groups is 2. The Balaban J connectivity index is 1.55. The summed E-state index contributed by atoms with van der Waals surface area (Å²) in [6.45, 7) is 6.65. The second-order valence-electron chi connectivity index (χ2n) is 6.31. The first-order valence-electron chi connectivity index (χ1n) is 8.31. The highest BCUT2D eigenvalue weighted by Crippen LogP contribution is 2.30. The number of piperazine rings is 1. The van der Waals surface area contributed by atoms with Crippen molar-refractivity contribution >= 4 is 17.5 Å². The SMILES string of the molecule is CNC(=O)CN1CCN(Cc2ccc3c(c2)NC(=O)C(C)O3)CC1. The molecule has 130 valence electrons. The molecule has 0 bridgehead atoms. The Morgan fingerprint density at radius 3 is 2.71 bits per heavy atom. The Bertz CT molecular complexity index is 626. The highest BCUT2D eigenvalue weighted by atomic mass is 16.5. The number of carbonyl (C=O) groups excluding carboxylic acids is 2. The number of nitrogens with zero attached hydrogens (tertiary/aromatic N) is 2. The van der Waals surface area contributed by atoms with Gasteiger partial charge in [0.25, 0.3) is 5.91 Å². The molecule has 0 aliphatic carbocycles. The quantitative estimate of drug-likeness (QED) is 0.828. The molecule has 24 heavy (non-hydrogen) atoms. The minimum absolute atomic E-state index is 0.0584. The third-order valence-corrected chi connectivity index (χ3v) is 4.49. The smallest absolute Gasteiger partial charge is 0.265 e. The monoisotopic (exact) mass is 332 g/mol. The van der Waals surface area contributed by atoms with Gasteiger partial charge in [0.15, 0.2) is 6.10 Å². The normalized spacial score (nSPS) is 21.6. The Morgan fingerprint density at radius 2 is 2.00 bits per heavy atom. The Kier molecular flexibility index (Phi) is 5.01. The summed E-state index contributed by atoms with van der Waals surface area (Å²) in [4.78, 5) is 27.7. The van der Waals surface area contributed by atoms with Crippen LogP contribution in [0.5, 0.6) is 5.75 Å². The van der Waals surface area contributed by atoms with Crippen LogP contribution in [0, 0.1) is 0 Å². The van der Waals surface area contributed by atoms with Crippen molar-refractivity contribution in [2.75, 3.05) is 45.1 Å². The van der Waals surface area contributed by atoms with Crippen molar-refractivity contribution in [2.24, 2.45) is 0 Å². The zero-order chi connectivity index (χ0) is 17.1. The first-order valence-corrected chi connectivity index (χ1v) is 8.31. The van der Waals surface area contributed by atoms with E-state index in [1.165, 1.54) is 0 Å². The number of fused-ring (bicyclic) bond motifs is 1. The second kappa shape index (κ2) is 7.19. The van der Waals surface area contributed by atoms with E-state index in [1.807, 2.05) is 18.2 Å². The van der Waals surface area contributed by atoms with E-state index in [2.05, 4.69) is 20.4 Å². The number of anilines is 1. The van der Waals surface area contributed by atoms with Gasteiger partial charge in [0, 0.05) is 39.8 Å². The highest BCUT2D eigenvalue weighted by molar-refractivity contribution is 5.97. The third kappa shape index (κ3) is 3.85. The largest absolute Gasteiger partial charge is 0.479 e. The Hall–Kier alpha value is -2.12. The number of ether oxygens (including phenoxy) is 1. The van der Waals surface area contributed by atoms with Gasteiger partial charge >= 0.3 is 0 Å². The van der Waals surface area contributed by atoms with Gasteiger partial charge in [-0.25, -0.2) is 0 Å². The fraction of sp³-hybridized carbons (Fsp3) is 0.529. The Morgan fingerprint density at radius 1 is 1.29 bits per heavy atom. The number of hydrogen-bond acceptors (Lipinski definition) is 5. The maximum Gasteiger partial charge on any atom is 0.265 e. The molecule has 1 unspecified atom stereocenters. The zero-order valence-electron chi connectivity index (χ0n) is 14.2. The van der Waals surface area contributed by atoms with E-state index in [0.717, 1.165) is 49.7 Å². The van der Waals surface area contributed by atoms with Crippen molar-refractivity contribution in [1.82, 2.24) is 15.1 Å². The van der Waals surface area contributed by atoms with Crippen LogP contribution in [0.15, 0.2) is 18.2 Å². The summed E-state index contributed by atoms with van der Waals surface area (Å²) in [7, 11) is 1.66. The molecular formula is C17H24N4O3. The fourth-order valence-electron chi connectivity index (χ4n) is 3.00. The van der Waals surface area contributed by atoms with Crippen molar-refractivity contribution in [3.63, 3.8) is 0 Å². The van der Waals surface area contributed by atoms with Crippen molar-refractivity contribution in [3.05, 3.63) is 23.8 Å². The van der Waals surface area contributed by atoms with Crippen LogP contribution in [0.1, 0.15) is 12.5 Å². The van der Waals surface area contributed by atoms with E-state index in [1.54, 1.807) is 14.0 Å². The number of hydrogen-bond donors (Lipinski definition) is 2. The molecule has 1 aromatic carbocycles. The highest BCUT2D eigenvalue weighted by Gasteiger charge is 2.24. The van der Waals surface area contributed by atoms with Crippen LogP contribution in [-0.2, 0) is 16.1 Å². The van der Waals surface area contributed by atoms with Gasteiger partial charge < -0.3 is 15.4 Å². The lowest BCUT2D eigenvalue weighted by Gasteiger charge is -2.34. The predicted octanol–water partition coefficient (Wildman–Crippen LogP) is 0.270. The summed E-state index contributed by atoms with van der Waals surface area (Å²) in [5.41, 5.74) is 1.89. The minimum atomic E-state index is -0.447. The molecule has 0 spiro atoms. The molecule has 2 heterocycles. The average molecular weight is 332 g/mol. The van der Waals surface area contributed by atoms with Crippen molar-refractivity contribution < 1.29 is 14.3 Å². The zero-order valence-corrected chi connectivity index (χ0v) is 14.2. The molecule has 1 saturated heterocycles. The lowest BCUT2D eigenvalue weighted by molar-refractivity contribution is -0.123. The van der Waals surface area contributed by atoms with Crippen LogP contribution in [0.2, 0.25) is 0 Å². The molecule has 0 saturated carbocycles. The summed E-state index contributed by atoms with van der Waals surface area (Å²) >= 11 is 0. The molecule has 2 aliphatic rings. The summed E-state index contributed by atoms with van der Waals surface area (Å²) in [5.74, 6) is 0.673. The van der Waals surface area contributed by atoms with Gasteiger partial charge in [0.05, 0.1) is 12.2 Å². The minimum Gasteiger partial charge on any atom is -0.479 e. The van der Waals surface area contributed by atoms with Crippen LogP contribution in [0.4, 0.5) is 5.69 Å². The van der Waals surface area contributed by atoms with E-state index < -0.39 is 6.10 Å². The molecular weight excluding hydrogens is 308 g/mol. The first kappa shape index (κ1) is 16.7. The van der Waals surface area contributed by atoms with Gasteiger partial charge in [0.2, 0.25) is 5.91 Å². The van der Waals surface area contributed by atoms with Crippen molar-refractivity contribution in [1.29, 1.82) is 0 Å². The molecule has 1 atom stereocenters. The van der Waals surface area contributed by atoms with Crippen LogP contribution >= 0.6 is 0 Å². The van der Waals surface area contributed by atoms with Crippen LogP contribution in [0.25, 0.3) is 0 Å². The van der Waals surface area contributed by atoms with E-state index in [-0.39, 0.29) is 11.8 Å². The average Bonchev–Trinajstić information content (AvgIpc) is 2.58. The molecule has 3 rings (SSSR count). The number of rotatable bonds is 4. The van der Waals surface area contributed by atoms with Gasteiger partial charge in [-0.2, -0.15) is 0 Å². The van der Waals surface area contributed by atoms with Gasteiger partial charge in [-0.05, 0) is 24.6 Å².